The van der Waals surface area contributed by atoms with Crippen molar-refractivity contribution in [3.63, 3.8) is 0 Å². The summed E-state index contributed by atoms with van der Waals surface area (Å²) in [6.07, 6.45) is -6.20. The Morgan fingerprint density at radius 3 is 2.28 bits per heavy atom. The first-order chi connectivity index (χ1) is 8.32. The van der Waals surface area contributed by atoms with Gasteiger partial charge >= 0.3 is 12.3 Å². The predicted octanol–water partition coefficient (Wildman–Crippen LogP) is 1.70. The van der Waals surface area contributed by atoms with Gasteiger partial charge in [0.2, 0.25) is 0 Å². The summed E-state index contributed by atoms with van der Waals surface area (Å²) in [6.45, 7) is -0.454. The number of carbonyl (C=O) groups is 1. The highest BCUT2D eigenvalue weighted by molar-refractivity contribution is 5.64. The molecule has 1 atom stereocenters. The summed E-state index contributed by atoms with van der Waals surface area (Å²) in [6, 6.07) is 4.37. The van der Waals surface area contributed by atoms with E-state index in [1.54, 1.807) is 0 Å². The molecule has 0 saturated carbocycles. The van der Waals surface area contributed by atoms with Gasteiger partial charge in [-0.05, 0) is 17.7 Å². The smallest absolute Gasteiger partial charge is 0.416 e. The van der Waals surface area contributed by atoms with Crippen molar-refractivity contribution < 1.29 is 27.8 Å². The van der Waals surface area contributed by atoms with Crippen LogP contribution >= 0.6 is 0 Å². The Hall–Kier alpha value is -1.76. The molecule has 0 saturated heterocycles. The van der Waals surface area contributed by atoms with Crippen LogP contribution in [-0.2, 0) is 17.3 Å². The van der Waals surface area contributed by atoms with Crippen molar-refractivity contribution in [2.75, 3.05) is 6.61 Å². The normalized spacial score (nSPS) is 13.1. The van der Waals surface area contributed by atoms with E-state index in [1.165, 1.54) is 12.1 Å². The SMILES string of the molecule is NC(=O)O[C@H](CO)Cc1ccc(C(F)(F)F)cc1. The zero-order valence-electron chi connectivity index (χ0n) is 9.28. The van der Waals surface area contributed by atoms with Crippen molar-refractivity contribution in [1.82, 2.24) is 0 Å². The molecule has 0 fully saturated rings. The molecular formula is C11H12F3NO3. The summed E-state index contributed by atoms with van der Waals surface area (Å²) in [5.74, 6) is 0. The lowest BCUT2D eigenvalue weighted by molar-refractivity contribution is -0.137. The number of amides is 1. The number of nitrogens with two attached hydrogens (primary N) is 1. The number of benzene rings is 1. The molecule has 0 radical (unpaired) electrons. The van der Waals surface area contributed by atoms with Crippen molar-refractivity contribution >= 4 is 6.09 Å². The number of hydrogen-bond donors (Lipinski definition) is 2. The number of aliphatic hydroxyl groups is 1. The third-order valence-electron chi connectivity index (χ3n) is 2.23. The second kappa shape index (κ2) is 5.72. The Balaban J connectivity index is 2.71. The summed E-state index contributed by atoms with van der Waals surface area (Å²) in [5, 5.41) is 8.91. The minimum atomic E-state index is -4.39. The highest BCUT2D eigenvalue weighted by atomic mass is 19.4. The topological polar surface area (TPSA) is 72.6 Å². The first-order valence-corrected chi connectivity index (χ1v) is 5.06. The lowest BCUT2D eigenvalue weighted by Crippen LogP contribution is -2.27. The number of hydrogen-bond acceptors (Lipinski definition) is 3. The lowest BCUT2D eigenvalue weighted by Gasteiger charge is -2.14. The Labute approximate surface area is 101 Å². The van der Waals surface area contributed by atoms with Gasteiger partial charge in [-0.3, -0.25) is 0 Å². The molecule has 7 heteroatoms. The van der Waals surface area contributed by atoms with E-state index in [9.17, 15) is 18.0 Å². The Morgan fingerprint density at radius 2 is 1.89 bits per heavy atom. The average Bonchev–Trinajstić information content (AvgIpc) is 2.27. The fourth-order valence-corrected chi connectivity index (χ4v) is 1.40. The summed E-state index contributed by atoms with van der Waals surface area (Å²) < 4.78 is 41.5. The minimum Gasteiger partial charge on any atom is -0.444 e. The summed E-state index contributed by atoms with van der Waals surface area (Å²) in [4.78, 5) is 10.5. The van der Waals surface area contributed by atoms with Crippen LogP contribution in [0.3, 0.4) is 0 Å². The molecular weight excluding hydrogens is 251 g/mol. The summed E-state index contributed by atoms with van der Waals surface area (Å²) in [5.41, 5.74) is 4.52. The van der Waals surface area contributed by atoms with Crippen LogP contribution in [0.5, 0.6) is 0 Å². The van der Waals surface area contributed by atoms with Gasteiger partial charge in [-0.15, -0.1) is 0 Å². The molecule has 0 spiro atoms. The zero-order chi connectivity index (χ0) is 13.8. The predicted molar refractivity (Wildman–Crippen MR) is 56.7 cm³/mol. The lowest BCUT2D eigenvalue weighted by atomic mass is 10.1. The van der Waals surface area contributed by atoms with Crippen molar-refractivity contribution in [1.29, 1.82) is 0 Å². The Kier molecular flexibility index (Phi) is 4.55. The van der Waals surface area contributed by atoms with E-state index in [1.807, 2.05) is 0 Å². The van der Waals surface area contributed by atoms with Crippen LogP contribution in [0.4, 0.5) is 18.0 Å². The van der Waals surface area contributed by atoms with Gasteiger partial charge in [-0.2, -0.15) is 13.2 Å². The van der Waals surface area contributed by atoms with Crippen LogP contribution in [0, 0.1) is 0 Å². The van der Waals surface area contributed by atoms with Gasteiger partial charge in [0, 0.05) is 6.42 Å². The van der Waals surface area contributed by atoms with Crippen LogP contribution in [0.1, 0.15) is 11.1 Å². The third kappa shape index (κ3) is 4.25. The van der Waals surface area contributed by atoms with Gasteiger partial charge in [0.1, 0.15) is 6.10 Å². The van der Waals surface area contributed by atoms with Gasteiger partial charge in [0.25, 0.3) is 0 Å². The van der Waals surface area contributed by atoms with Gasteiger partial charge in [0.15, 0.2) is 0 Å². The standard InChI is InChI=1S/C11H12F3NO3/c12-11(13,14)8-3-1-7(2-4-8)5-9(6-16)18-10(15)17/h1-4,9,16H,5-6H2,(H2,15,17)/t9-/m0/s1. The van der Waals surface area contributed by atoms with E-state index in [-0.39, 0.29) is 6.42 Å². The van der Waals surface area contributed by atoms with E-state index in [0.29, 0.717) is 5.56 Å². The maximum atomic E-state index is 12.3. The van der Waals surface area contributed by atoms with Gasteiger partial charge in [-0.1, -0.05) is 12.1 Å². The molecule has 1 aromatic carbocycles. The number of carbonyl (C=O) groups excluding carboxylic acids is 1. The number of rotatable bonds is 4. The number of ether oxygens (including phenoxy) is 1. The number of aliphatic hydroxyl groups excluding tert-OH is 1. The maximum Gasteiger partial charge on any atom is 0.416 e. The third-order valence-corrected chi connectivity index (χ3v) is 2.23. The molecule has 0 bridgehead atoms. The second-order valence-corrected chi connectivity index (χ2v) is 3.64. The van der Waals surface area contributed by atoms with E-state index in [4.69, 9.17) is 10.8 Å². The van der Waals surface area contributed by atoms with E-state index in [2.05, 4.69) is 4.74 Å². The second-order valence-electron chi connectivity index (χ2n) is 3.64. The van der Waals surface area contributed by atoms with E-state index < -0.39 is 30.5 Å². The molecule has 0 aromatic heterocycles. The van der Waals surface area contributed by atoms with E-state index >= 15 is 0 Å². The highest BCUT2D eigenvalue weighted by Gasteiger charge is 2.30. The Bertz CT molecular complexity index is 403. The fourth-order valence-electron chi connectivity index (χ4n) is 1.40. The van der Waals surface area contributed by atoms with Crippen LogP contribution in [-0.4, -0.2) is 23.9 Å². The monoisotopic (exact) mass is 263 g/mol. The largest absolute Gasteiger partial charge is 0.444 e. The first-order valence-electron chi connectivity index (χ1n) is 5.06. The summed E-state index contributed by atoms with van der Waals surface area (Å²) in [7, 11) is 0. The van der Waals surface area contributed by atoms with Gasteiger partial charge < -0.3 is 15.6 Å². The van der Waals surface area contributed by atoms with Crippen LogP contribution in [0.2, 0.25) is 0 Å². The quantitative estimate of drug-likeness (QED) is 0.868. The van der Waals surface area contributed by atoms with Gasteiger partial charge in [0.05, 0.1) is 12.2 Å². The Morgan fingerprint density at radius 1 is 1.33 bits per heavy atom. The number of primary amides is 1. The maximum absolute atomic E-state index is 12.3. The minimum absolute atomic E-state index is 0.0948. The van der Waals surface area contributed by atoms with Crippen molar-refractivity contribution in [3.05, 3.63) is 35.4 Å². The fraction of sp³-hybridized carbons (Fsp3) is 0.364. The van der Waals surface area contributed by atoms with Crippen LogP contribution in [0.25, 0.3) is 0 Å². The first kappa shape index (κ1) is 14.3. The van der Waals surface area contributed by atoms with Crippen molar-refractivity contribution in [2.45, 2.75) is 18.7 Å². The summed E-state index contributed by atoms with van der Waals surface area (Å²) >= 11 is 0. The van der Waals surface area contributed by atoms with Crippen molar-refractivity contribution in [3.8, 4) is 0 Å². The molecule has 0 heterocycles. The molecule has 100 valence electrons. The van der Waals surface area contributed by atoms with Crippen LogP contribution < -0.4 is 5.73 Å². The van der Waals surface area contributed by atoms with Crippen LogP contribution in [0.15, 0.2) is 24.3 Å². The molecule has 4 nitrogen and oxygen atoms in total. The number of halogens is 3. The number of alkyl halides is 3. The van der Waals surface area contributed by atoms with E-state index in [0.717, 1.165) is 12.1 Å². The molecule has 0 aliphatic rings. The molecule has 0 aliphatic carbocycles. The molecule has 1 rings (SSSR count). The molecule has 18 heavy (non-hydrogen) atoms. The molecule has 3 N–H and O–H groups in total. The van der Waals surface area contributed by atoms with Gasteiger partial charge in [-0.25, -0.2) is 4.79 Å². The molecule has 0 unspecified atom stereocenters. The molecule has 1 aromatic rings. The highest BCUT2D eigenvalue weighted by Crippen LogP contribution is 2.29. The molecule has 0 aliphatic heterocycles. The average molecular weight is 263 g/mol. The van der Waals surface area contributed by atoms with Crippen molar-refractivity contribution in [2.24, 2.45) is 5.73 Å². The zero-order valence-corrected chi connectivity index (χ0v) is 9.28. The molecule has 1 amide bonds.